The Labute approximate surface area is 129 Å². The van der Waals surface area contributed by atoms with E-state index in [2.05, 4.69) is 20.2 Å². The zero-order chi connectivity index (χ0) is 15.6. The number of amides is 1. The summed E-state index contributed by atoms with van der Waals surface area (Å²) in [5, 5.41) is 9.24. The topological polar surface area (TPSA) is 113 Å². The van der Waals surface area contributed by atoms with E-state index in [1.54, 1.807) is 6.07 Å². The second-order valence-electron chi connectivity index (χ2n) is 5.71. The molecule has 8 nitrogen and oxygen atoms in total. The van der Waals surface area contributed by atoms with E-state index >= 15 is 0 Å². The van der Waals surface area contributed by atoms with Crippen molar-refractivity contribution in [2.45, 2.75) is 36.9 Å². The third kappa shape index (κ3) is 3.84. The molecular weight excluding hydrogens is 308 g/mol. The zero-order valence-electron chi connectivity index (χ0n) is 12.2. The minimum absolute atomic E-state index is 0.266. The van der Waals surface area contributed by atoms with Crippen LogP contribution in [0.1, 0.15) is 37.3 Å². The third-order valence-electron chi connectivity index (χ3n) is 3.92. The number of H-pyrrole nitrogens is 1. The van der Waals surface area contributed by atoms with Crippen molar-refractivity contribution in [2.24, 2.45) is 0 Å². The van der Waals surface area contributed by atoms with Crippen LogP contribution in [-0.2, 0) is 19.6 Å². The number of nitrogens with zero attached hydrogens (tertiary/aromatic N) is 1. The van der Waals surface area contributed by atoms with Gasteiger partial charge in [-0.3, -0.25) is 9.89 Å². The van der Waals surface area contributed by atoms with Crippen molar-refractivity contribution in [1.29, 1.82) is 0 Å². The van der Waals surface area contributed by atoms with Crippen molar-refractivity contribution in [3.63, 3.8) is 0 Å². The van der Waals surface area contributed by atoms with Crippen LogP contribution in [0.15, 0.2) is 6.07 Å². The smallest absolute Gasteiger partial charge is 0.240 e. The van der Waals surface area contributed by atoms with Gasteiger partial charge in [-0.2, -0.15) is 5.10 Å². The van der Waals surface area contributed by atoms with Gasteiger partial charge in [0.1, 0.15) is 0 Å². The van der Waals surface area contributed by atoms with Crippen LogP contribution in [0.3, 0.4) is 0 Å². The molecule has 0 atom stereocenters. The van der Waals surface area contributed by atoms with E-state index in [9.17, 15) is 13.2 Å². The van der Waals surface area contributed by atoms with Crippen LogP contribution in [0.25, 0.3) is 0 Å². The monoisotopic (exact) mass is 328 g/mol. The first-order chi connectivity index (χ1) is 10.5. The highest BCUT2D eigenvalue weighted by Crippen LogP contribution is 2.27. The van der Waals surface area contributed by atoms with Crippen molar-refractivity contribution in [3.05, 3.63) is 11.8 Å². The Morgan fingerprint density at radius 1 is 1.32 bits per heavy atom. The van der Waals surface area contributed by atoms with Gasteiger partial charge in [0, 0.05) is 30.9 Å². The molecule has 0 aromatic carbocycles. The number of rotatable bonds is 6. The van der Waals surface area contributed by atoms with Crippen molar-refractivity contribution in [2.75, 3.05) is 25.1 Å². The number of sulfonamides is 1. The van der Waals surface area contributed by atoms with E-state index in [0.29, 0.717) is 24.6 Å². The van der Waals surface area contributed by atoms with Gasteiger partial charge in [0.15, 0.2) is 5.82 Å². The first-order valence-electron chi connectivity index (χ1n) is 7.46. The number of aromatic amines is 1. The second kappa shape index (κ2) is 6.35. The van der Waals surface area contributed by atoms with Crippen molar-refractivity contribution < 1.29 is 17.9 Å². The van der Waals surface area contributed by atoms with Crippen LogP contribution in [0.2, 0.25) is 0 Å². The number of anilines is 1. The second-order valence-corrected chi connectivity index (χ2v) is 7.75. The van der Waals surface area contributed by atoms with Crippen LogP contribution in [0, 0.1) is 0 Å². The summed E-state index contributed by atoms with van der Waals surface area (Å²) in [5.74, 6) is 0.353. The first-order valence-corrected chi connectivity index (χ1v) is 9.00. The molecule has 22 heavy (non-hydrogen) atoms. The standard InChI is InChI=1S/C13H20N4O4S/c18-13(8-14-22(19,20)10-1-2-10)15-12-7-11(16-17-12)9-3-5-21-6-4-9/h7,9-10,14H,1-6,8H2,(H2,15,16,17,18). The van der Waals surface area contributed by atoms with Gasteiger partial charge in [0.05, 0.1) is 11.8 Å². The molecule has 0 unspecified atom stereocenters. The lowest BCUT2D eigenvalue weighted by molar-refractivity contribution is -0.115. The maximum atomic E-state index is 11.8. The molecule has 2 aliphatic rings. The van der Waals surface area contributed by atoms with Crippen LogP contribution in [0.5, 0.6) is 0 Å². The minimum Gasteiger partial charge on any atom is -0.381 e. The highest BCUT2D eigenvalue weighted by Gasteiger charge is 2.35. The lowest BCUT2D eigenvalue weighted by atomic mass is 9.97. The molecule has 1 aromatic rings. The highest BCUT2D eigenvalue weighted by molar-refractivity contribution is 7.90. The van der Waals surface area contributed by atoms with Crippen molar-refractivity contribution >= 4 is 21.7 Å². The normalized spacial score (nSPS) is 20.0. The SMILES string of the molecule is O=C(CNS(=O)(=O)C1CC1)Nc1cc(C2CCOCC2)[nH]n1. The molecule has 0 bridgehead atoms. The Bertz CT molecular complexity index is 632. The molecule has 122 valence electrons. The number of aromatic nitrogens is 2. The Balaban J connectivity index is 1.50. The fourth-order valence-electron chi connectivity index (χ4n) is 2.47. The number of carbonyl (C=O) groups excluding carboxylic acids is 1. The number of carbonyl (C=O) groups is 1. The van der Waals surface area contributed by atoms with Gasteiger partial charge in [-0.1, -0.05) is 0 Å². The third-order valence-corrected chi connectivity index (χ3v) is 5.82. The van der Waals surface area contributed by atoms with Gasteiger partial charge in [0.2, 0.25) is 15.9 Å². The van der Waals surface area contributed by atoms with E-state index in [0.717, 1.165) is 31.7 Å². The largest absolute Gasteiger partial charge is 0.381 e. The lowest BCUT2D eigenvalue weighted by Crippen LogP contribution is -2.34. The minimum atomic E-state index is -3.34. The van der Waals surface area contributed by atoms with Gasteiger partial charge >= 0.3 is 0 Å². The molecule has 1 saturated carbocycles. The summed E-state index contributed by atoms with van der Waals surface area (Å²) in [6.45, 7) is 1.20. The molecule has 0 radical (unpaired) electrons. The Kier molecular flexibility index (Phi) is 4.46. The summed E-state index contributed by atoms with van der Waals surface area (Å²) in [6, 6.07) is 1.79. The molecule has 3 rings (SSSR count). The summed E-state index contributed by atoms with van der Waals surface area (Å²) < 4.78 is 30.9. The van der Waals surface area contributed by atoms with E-state index in [1.807, 2.05) is 0 Å². The molecule has 2 fully saturated rings. The Morgan fingerprint density at radius 2 is 2.05 bits per heavy atom. The molecule has 0 spiro atoms. The number of nitrogens with one attached hydrogen (secondary N) is 3. The quantitative estimate of drug-likeness (QED) is 0.696. The van der Waals surface area contributed by atoms with E-state index < -0.39 is 15.9 Å². The van der Waals surface area contributed by atoms with Gasteiger partial charge in [0.25, 0.3) is 0 Å². The summed E-state index contributed by atoms with van der Waals surface area (Å²) in [5.41, 5.74) is 0.970. The summed E-state index contributed by atoms with van der Waals surface area (Å²) in [7, 11) is -3.34. The van der Waals surface area contributed by atoms with Crippen molar-refractivity contribution in [3.8, 4) is 0 Å². The Morgan fingerprint density at radius 3 is 2.73 bits per heavy atom. The molecule has 2 heterocycles. The average Bonchev–Trinajstić information content (AvgIpc) is 3.28. The molecule has 1 amide bonds. The maximum Gasteiger partial charge on any atom is 0.240 e. The summed E-state index contributed by atoms with van der Waals surface area (Å²) in [4.78, 5) is 11.8. The number of ether oxygens (including phenoxy) is 1. The van der Waals surface area contributed by atoms with Gasteiger partial charge < -0.3 is 10.1 Å². The molecule has 3 N–H and O–H groups in total. The molecule has 9 heteroatoms. The fourth-order valence-corrected chi connectivity index (χ4v) is 3.79. The van der Waals surface area contributed by atoms with Crippen LogP contribution in [0.4, 0.5) is 5.82 Å². The summed E-state index contributed by atoms with van der Waals surface area (Å²) >= 11 is 0. The number of hydrogen-bond donors (Lipinski definition) is 3. The zero-order valence-corrected chi connectivity index (χ0v) is 13.0. The predicted molar refractivity (Wildman–Crippen MR) is 80.0 cm³/mol. The van der Waals surface area contributed by atoms with Crippen LogP contribution in [-0.4, -0.2) is 49.5 Å². The molecule has 1 aliphatic carbocycles. The van der Waals surface area contributed by atoms with E-state index in [-0.39, 0.29) is 11.8 Å². The number of hydrogen-bond acceptors (Lipinski definition) is 5. The van der Waals surface area contributed by atoms with E-state index in [1.165, 1.54) is 0 Å². The Hall–Kier alpha value is -1.45. The van der Waals surface area contributed by atoms with Crippen molar-refractivity contribution in [1.82, 2.24) is 14.9 Å². The first kappa shape index (κ1) is 15.4. The van der Waals surface area contributed by atoms with Gasteiger partial charge in [-0.25, -0.2) is 13.1 Å². The molecule has 1 aliphatic heterocycles. The summed E-state index contributed by atoms with van der Waals surface area (Å²) in [6.07, 6.45) is 3.20. The van der Waals surface area contributed by atoms with Gasteiger partial charge in [-0.15, -0.1) is 0 Å². The molecule has 1 aromatic heterocycles. The fraction of sp³-hybridized carbons (Fsp3) is 0.692. The average molecular weight is 328 g/mol. The maximum absolute atomic E-state index is 11.8. The van der Waals surface area contributed by atoms with E-state index in [4.69, 9.17) is 4.74 Å². The van der Waals surface area contributed by atoms with Crippen LogP contribution < -0.4 is 10.0 Å². The molecular formula is C13H20N4O4S. The lowest BCUT2D eigenvalue weighted by Gasteiger charge is -2.20. The van der Waals surface area contributed by atoms with Crippen LogP contribution >= 0.6 is 0 Å². The molecule has 1 saturated heterocycles. The highest BCUT2D eigenvalue weighted by atomic mass is 32.2. The predicted octanol–water partition coefficient (Wildman–Crippen LogP) is 0.324. The van der Waals surface area contributed by atoms with Gasteiger partial charge in [-0.05, 0) is 25.7 Å².